The number of methoxy groups -OCH3 is 1. The highest BCUT2D eigenvalue weighted by molar-refractivity contribution is 5.49. The van der Waals surface area contributed by atoms with E-state index in [1.54, 1.807) is 14.0 Å². The molecule has 0 heterocycles. The fourth-order valence-corrected chi connectivity index (χ4v) is 2.48. The van der Waals surface area contributed by atoms with Crippen LogP contribution < -0.4 is 5.32 Å². The summed E-state index contributed by atoms with van der Waals surface area (Å²) in [7, 11) is 1.68. The standard InChI is InChI=1S/C14H19F2NO/c1-9-6-7-12(15)14(13(9)16)17-10-4-3-5-11(8-10)18-2/h6-7,10-11,17H,3-5,8H2,1-2H3. The zero-order chi connectivity index (χ0) is 13.1. The largest absolute Gasteiger partial charge is 0.381 e. The van der Waals surface area contributed by atoms with Gasteiger partial charge < -0.3 is 10.1 Å². The van der Waals surface area contributed by atoms with E-state index in [1.165, 1.54) is 12.1 Å². The van der Waals surface area contributed by atoms with Crippen LogP contribution in [0.1, 0.15) is 31.2 Å². The zero-order valence-electron chi connectivity index (χ0n) is 10.8. The first-order valence-corrected chi connectivity index (χ1v) is 6.35. The van der Waals surface area contributed by atoms with Gasteiger partial charge in [0.25, 0.3) is 0 Å². The van der Waals surface area contributed by atoms with E-state index in [2.05, 4.69) is 5.32 Å². The summed E-state index contributed by atoms with van der Waals surface area (Å²) >= 11 is 0. The first kappa shape index (κ1) is 13.3. The maximum absolute atomic E-state index is 13.9. The summed E-state index contributed by atoms with van der Waals surface area (Å²) in [6.45, 7) is 1.64. The fraction of sp³-hybridized carbons (Fsp3) is 0.571. The molecule has 0 amide bonds. The number of ether oxygens (including phenoxy) is 1. The van der Waals surface area contributed by atoms with Gasteiger partial charge in [0.1, 0.15) is 11.5 Å². The third-order valence-corrected chi connectivity index (χ3v) is 3.59. The van der Waals surface area contributed by atoms with Crippen molar-refractivity contribution >= 4 is 5.69 Å². The summed E-state index contributed by atoms with van der Waals surface area (Å²) in [6, 6.07) is 2.83. The minimum atomic E-state index is -0.530. The van der Waals surface area contributed by atoms with E-state index < -0.39 is 11.6 Å². The van der Waals surface area contributed by atoms with E-state index in [1.807, 2.05) is 0 Å². The number of hydrogen-bond acceptors (Lipinski definition) is 2. The van der Waals surface area contributed by atoms with Crippen LogP contribution in [0.3, 0.4) is 0 Å². The van der Waals surface area contributed by atoms with E-state index in [0.29, 0.717) is 5.56 Å². The first-order valence-electron chi connectivity index (χ1n) is 6.35. The van der Waals surface area contributed by atoms with E-state index in [9.17, 15) is 8.78 Å². The number of benzene rings is 1. The van der Waals surface area contributed by atoms with Crippen LogP contribution in [0.2, 0.25) is 0 Å². The smallest absolute Gasteiger partial charge is 0.152 e. The molecular weight excluding hydrogens is 236 g/mol. The average Bonchev–Trinajstić information content (AvgIpc) is 2.39. The molecule has 0 saturated heterocycles. The predicted molar refractivity (Wildman–Crippen MR) is 67.8 cm³/mol. The number of nitrogens with one attached hydrogen (secondary N) is 1. The van der Waals surface area contributed by atoms with Crippen molar-refractivity contribution in [2.24, 2.45) is 0 Å². The van der Waals surface area contributed by atoms with Crippen LogP contribution in [-0.2, 0) is 4.74 Å². The second kappa shape index (κ2) is 5.65. The van der Waals surface area contributed by atoms with Crippen molar-refractivity contribution in [2.75, 3.05) is 12.4 Å². The van der Waals surface area contributed by atoms with E-state index in [4.69, 9.17) is 4.74 Å². The molecule has 0 spiro atoms. The molecule has 2 rings (SSSR count). The van der Waals surface area contributed by atoms with Gasteiger partial charge in [-0.1, -0.05) is 6.07 Å². The molecular formula is C14H19F2NO. The van der Waals surface area contributed by atoms with Crippen molar-refractivity contribution in [2.45, 2.75) is 44.8 Å². The summed E-state index contributed by atoms with van der Waals surface area (Å²) in [4.78, 5) is 0. The maximum atomic E-state index is 13.9. The second-order valence-corrected chi connectivity index (χ2v) is 4.92. The van der Waals surface area contributed by atoms with Gasteiger partial charge in [-0.05, 0) is 44.2 Å². The van der Waals surface area contributed by atoms with Crippen molar-refractivity contribution in [3.8, 4) is 0 Å². The number of halogens is 2. The molecule has 0 aliphatic heterocycles. The van der Waals surface area contributed by atoms with Gasteiger partial charge >= 0.3 is 0 Å². The van der Waals surface area contributed by atoms with Gasteiger partial charge in [-0.3, -0.25) is 0 Å². The molecule has 1 aliphatic rings. The molecule has 0 bridgehead atoms. The Hall–Kier alpha value is -1.16. The molecule has 2 atom stereocenters. The van der Waals surface area contributed by atoms with Gasteiger partial charge in [-0.25, -0.2) is 8.78 Å². The number of rotatable bonds is 3. The number of anilines is 1. The number of aryl methyl sites for hydroxylation is 1. The van der Waals surface area contributed by atoms with Gasteiger partial charge in [-0.15, -0.1) is 0 Å². The Balaban J connectivity index is 2.11. The third-order valence-electron chi connectivity index (χ3n) is 3.59. The van der Waals surface area contributed by atoms with E-state index >= 15 is 0 Å². The first-order chi connectivity index (χ1) is 8.61. The van der Waals surface area contributed by atoms with Gasteiger partial charge in [0.15, 0.2) is 5.82 Å². The third kappa shape index (κ3) is 2.80. The molecule has 1 aromatic rings. The van der Waals surface area contributed by atoms with Crippen LogP contribution in [0, 0.1) is 18.6 Å². The summed E-state index contributed by atoms with van der Waals surface area (Å²) in [5, 5.41) is 2.99. The van der Waals surface area contributed by atoms with Crippen molar-refractivity contribution in [3.05, 3.63) is 29.3 Å². The molecule has 0 radical (unpaired) electrons. The molecule has 1 fully saturated rings. The molecule has 1 N–H and O–H groups in total. The van der Waals surface area contributed by atoms with Gasteiger partial charge in [0.2, 0.25) is 0 Å². The van der Waals surface area contributed by atoms with Crippen LogP contribution in [0.5, 0.6) is 0 Å². The average molecular weight is 255 g/mol. The Morgan fingerprint density at radius 2 is 2.06 bits per heavy atom. The molecule has 2 unspecified atom stereocenters. The van der Waals surface area contributed by atoms with Gasteiger partial charge in [0.05, 0.1) is 6.10 Å². The second-order valence-electron chi connectivity index (χ2n) is 4.92. The van der Waals surface area contributed by atoms with Crippen LogP contribution in [0.4, 0.5) is 14.5 Å². The normalized spacial score (nSPS) is 24.0. The topological polar surface area (TPSA) is 21.3 Å². The molecule has 2 nitrogen and oxygen atoms in total. The highest BCUT2D eigenvalue weighted by atomic mass is 19.1. The maximum Gasteiger partial charge on any atom is 0.152 e. The van der Waals surface area contributed by atoms with Gasteiger partial charge in [-0.2, -0.15) is 0 Å². The Labute approximate surface area is 106 Å². The van der Waals surface area contributed by atoms with Crippen molar-refractivity contribution in [1.82, 2.24) is 0 Å². The highest BCUT2D eigenvalue weighted by Crippen LogP contribution is 2.27. The van der Waals surface area contributed by atoms with E-state index in [-0.39, 0.29) is 17.8 Å². The van der Waals surface area contributed by atoms with Crippen LogP contribution in [0.25, 0.3) is 0 Å². The molecule has 1 aliphatic carbocycles. The molecule has 4 heteroatoms. The monoisotopic (exact) mass is 255 g/mol. The lowest BCUT2D eigenvalue weighted by molar-refractivity contribution is 0.0668. The quantitative estimate of drug-likeness (QED) is 0.890. The van der Waals surface area contributed by atoms with Gasteiger partial charge in [0, 0.05) is 13.2 Å². The summed E-state index contributed by atoms with van der Waals surface area (Å²) in [5.41, 5.74) is 0.453. The number of hydrogen-bond donors (Lipinski definition) is 1. The van der Waals surface area contributed by atoms with Crippen LogP contribution >= 0.6 is 0 Å². The Morgan fingerprint density at radius 3 is 2.78 bits per heavy atom. The fourth-order valence-electron chi connectivity index (χ4n) is 2.48. The zero-order valence-corrected chi connectivity index (χ0v) is 10.8. The molecule has 1 aromatic carbocycles. The lowest BCUT2D eigenvalue weighted by Gasteiger charge is -2.29. The van der Waals surface area contributed by atoms with Crippen molar-refractivity contribution in [1.29, 1.82) is 0 Å². The Morgan fingerprint density at radius 1 is 1.28 bits per heavy atom. The summed E-state index contributed by atoms with van der Waals surface area (Å²) in [5.74, 6) is -1.02. The highest BCUT2D eigenvalue weighted by Gasteiger charge is 2.23. The SMILES string of the molecule is COC1CCCC(Nc2c(F)ccc(C)c2F)C1. The molecule has 1 saturated carbocycles. The summed E-state index contributed by atoms with van der Waals surface area (Å²) < 4.78 is 32.8. The lowest BCUT2D eigenvalue weighted by atomic mass is 9.92. The van der Waals surface area contributed by atoms with E-state index in [0.717, 1.165) is 25.7 Å². The van der Waals surface area contributed by atoms with Crippen LogP contribution in [0.15, 0.2) is 12.1 Å². The Bertz CT molecular complexity index is 423. The van der Waals surface area contributed by atoms with Crippen molar-refractivity contribution in [3.63, 3.8) is 0 Å². The van der Waals surface area contributed by atoms with Crippen molar-refractivity contribution < 1.29 is 13.5 Å². The Kier molecular flexibility index (Phi) is 4.17. The minimum absolute atomic E-state index is 0.00301. The van der Waals surface area contributed by atoms with Crippen LogP contribution in [-0.4, -0.2) is 19.3 Å². The summed E-state index contributed by atoms with van der Waals surface area (Å²) in [6.07, 6.45) is 3.95. The minimum Gasteiger partial charge on any atom is -0.381 e. The molecule has 0 aromatic heterocycles. The molecule has 100 valence electrons. The lowest BCUT2D eigenvalue weighted by Crippen LogP contribution is -2.31. The predicted octanol–water partition coefficient (Wildman–Crippen LogP) is 3.64. The molecule has 18 heavy (non-hydrogen) atoms.